The molecule has 0 spiro atoms. The molecule has 0 atom stereocenters. The van der Waals surface area contributed by atoms with E-state index in [1.807, 2.05) is 6.07 Å². The third-order valence-electron chi connectivity index (χ3n) is 2.87. The monoisotopic (exact) mass is 349 g/mol. The zero-order valence-electron chi connectivity index (χ0n) is 11.9. The fourth-order valence-corrected chi connectivity index (χ4v) is 3.40. The summed E-state index contributed by atoms with van der Waals surface area (Å²) in [6, 6.07) is 17.0. The maximum Gasteiger partial charge on any atom is 0.0231 e. The van der Waals surface area contributed by atoms with Crippen molar-refractivity contribution in [3.05, 3.63) is 58.6 Å². The van der Waals surface area contributed by atoms with Crippen LogP contribution < -0.4 is 5.32 Å². The smallest absolute Gasteiger partial charge is 0.0231 e. The normalized spacial score (nSPS) is 11.0. The Morgan fingerprint density at radius 2 is 1.80 bits per heavy atom. The van der Waals surface area contributed by atoms with E-state index < -0.39 is 0 Å². The maximum absolute atomic E-state index is 3.67. The van der Waals surface area contributed by atoms with Gasteiger partial charge in [-0.05, 0) is 42.3 Å². The van der Waals surface area contributed by atoms with Gasteiger partial charge in [-0.15, -0.1) is 0 Å². The number of halogens is 1. The molecule has 0 saturated heterocycles. The molecule has 0 aromatic heterocycles. The van der Waals surface area contributed by atoms with Gasteiger partial charge in [-0.3, -0.25) is 0 Å². The van der Waals surface area contributed by atoms with Crippen LogP contribution in [0.3, 0.4) is 0 Å². The van der Waals surface area contributed by atoms with Crippen LogP contribution in [0.5, 0.6) is 0 Å². The minimum atomic E-state index is 0.682. The molecule has 2 aromatic rings. The summed E-state index contributed by atoms with van der Waals surface area (Å²) in [6.45, 7) is 6.41. The average Bonchev–Trinajstić information content (AvgIpc) is 2.42. The van der Waals surface area contributed by atoms with Crippen LogP contribution in [0, 0.1) is 5.92 Å². The highest BCUT2D eigenvalue weighted by Gasteiger charge is 2.03. The van der Waals surface area contributed by atoms with Gasteiger partial charge in [0, 0.05) is 20.8 Å². The standard InChI is InChI=1S/C17H20BrNS/c1-13(2)11-19-12-14-8-9-16(10-17(14)18)20-15-6-4-3-5-7-15/h3-10,13,19H,11-12H2,1-2H3. The van der Waals surface area contributed by atoms with Gasteiger partial charge < -0.3 is 5.32 Å². The summed E-state index contributed by atoms with van der Waals surface area (Å²) in [6.07, 6.45) is 0. The third kappa shape index (κ3) is 4.97. The van der Waals surface area contributed by atoms with Crippen molar-refractivity contribution < 1.29 is 0 Å². The van der Waals surface area contributed by atoms with Crippen molar-refractivity contribution >= 4 is 27.7 Å². The minimum Gasteiger partial charge on any atom is -0.312 e. The van der Waals surface area contributed by atoms with Gasteiger partial charge in [-0.25, -0.2) is 0 Å². The first-order valence-corrected chi connectivity index (χ1v) is 8.48. The minimum absolute atomic E-state index is 0.682. The van der Waals surface area contributed by atoms with Crippen LogP contribution >= 0.6 is 27.7 Å². The van der Waals surface area contributed by atoms with Gasteiger partial charge in [0.1, 0.15) is 0 Å². The topological polar surface area (TPSA) is 12.0 Å². The molecule has 106 valence electrons. The summed E-state index contributed by atoms with van der Waals surface area (Å²) < 4.78 is 1.18. The second-order valence-electron chi connectivity index (χ2n) is 5.19. The maximum atomic E-state index is 3.67. The first kappa shape index (κ1) is 15.6. The van der Waals surface area contributed by atoms with Crippen LogP contribution in [0.2, 0.25) is 0 Å². The molecule has 0 radical (unpaired) electrons. The lowest BCUT2D eigenvalue weighted by Crippen LogP contribution is -2.19. The van der Waals surface area contributed by atoms with Crippen molar-refractivity contribution in [1.82, 2.24) is 5.32 Å². The van der Waals surface area contributed by atoms with E-state index in [0.717, 1.165) is 13.1 Å². The molecule has 0 aliphatic rings. The summed E-state index contributed by atoms with van der Waals surface area (Å²) in [5, 5.41) is 3.47. The third-order valence-corrected chi connectivity index (χ3v) is 4.61. The summed E-state index contributed by atoms with van der Waals surface area (Å²) >= 11 is 5.46. The molecule has 0 aliphatic carbocycles. The van der Waals surface area contributed by atoms with Gasteiger partial charge in [0.05, 0.1) is 0 Å². The molecule has 0 aliphatic heterocycles. The van der Waals surface area contributed by atoms with Gasteiger partial charge in [0.25, 0.3) is 0 Å². The van der Waals surface area contributed by atoms with Crippen molar-refractivity contribution in [3.8, 4) is 0 Å². The largest absolute Gasteiger partial charge is 0.312 e. The number of hydrogen-bond donors (Lipinski definition) is 1. The molecule has 0 unspecified atom stereocenters. The second kappa shape index (κ2) is 7.87. The van der Waals surface area contributed by atoms with E-state index >= 15 is 0 Å². The van der Waals surface area contributed by atoms with Crippen molar-refractivity contribution in [2.24, 2.45) is 5.92 Å². The van der Waals surface area contributed by atoms with Crippen LogP contribution in [0.1, 0.15) is 19.4 Å². The Bertz CT molecular complexity index is 540. The van der Waals surface area contributed by atoms with Crippen molar-refractivity contribution in [1.29, 1.82) is 0 Å². The Balaban J connectivity index is 1.98. The molecule has 0 bridgehead atoms. The lowest BCUT2D eigenvalue weighted by Gasteiger charge is -2.10. The quantitative estimate of drug-likeness (QED) is 0.754. The van der Waals surface area contributed by atoms with Crippen LogP contribution in [0.4, 0.5) is 0 Å². The first-order chi connectivity index (χ1) is 9.65. The van der Waals surface area contributed by atoms with Gasteiger partial charge in [-0.2, -0.15) is 0 Å². The van der Waals surface area contributed by atoms with E-state index in [9.17, 15) is 0 Å². The highest BCUT2D eigenvalue weighted by atomic mass is 79.9. The molecule has 2 aromatic carbocycles. The van der Waals surface area contributed by atoms with Gasteiger partial charge >= 0.3 is 0 Å². The summed E-state index contributed by atoms with van der Waals surface area (Å²) in [5.74, 6) is 0.682. The predicted octanol–water partition coefficient (Wildman–Crippen LogP) is 5.35. The zero-order valence-corrected chi connectivity index (χ0v) is 14.3. The van der Waals surface area contributed by atoms with E-state index in [2.05, 4.69) is 77.6 Å². The Hall–Kier alpha value is -0.770. The number of hydrogen-bond acceptors (Lipinski definition) is 2. The number of rotatable bonds is 6. The predicted molar refractivity (Wildman–Crippen MR) is 91.3 cm³/mol. The molecule has 2 rings (SSSR count). The molecule has 3 heteroatoms. The molecule has 0 amide bonds. The van der Waals surface area contributed by atoms with Crippen molar-refractivity contribution in [2.75, 3.05) is 6.54 Å². The fourth-order valence-electron chi connectivity index (χ4n) is 1.86. The van der Waals surface area contributed by atoms with Crippen molar-refractivity contribution in [3.63, 3.8) is 0 Å². The lowest BCUT2D eigenvalue weighted by molar-refractivity contribution is 0.551. The number of nitrogens with one attached hydrogen (secondary N) is 1. The molecular weight excluding hydrogens is 330 g/mol. The number of benzene rings is 2. The van der Waals surface area contributed by atoms with Crippen LogP contribution in [0.25, 0.3) is 0 Å². The summed E-state index contributed by atoms with van der Waals surface area (Å²) in [5.41, 5.74) is 1.31. The molecule has 0 heterocycles. The first-order valence-electron chi connectivity index (χ1n) is 6.87. The molecule has 0 saturated carbocycles. The lowest BCUT2D eigenvalue weighted by atomic mass is 10.2. The highest BCUT2D eigenvalue weighted by Crippen LogP contribution is 2.30. The Labute approximate surface area is 134 Å². The van der Waals surface area contributed by atoms with E-state index in [0.29, 0.717) is 5.92 Å². The summed E-state index contributed by atoms with van der Waals surface area (Å²) in [7, 11) is 0. The molecule has 1 N–H and O–H groups in total. The second-order valence-corrected chi connectivity index (χ2v) is 7.19. The molecule has 0 fully saturated rings. The van der Waals surface area contributed by atoms with Crippen molar-refractivity contribution in [2.45, 2.75) is 30.2 Å². The van der Waals surface area contributed by atoms with E-state index in [4.69, 9.17) is 0 Å². The van der Waals surface area contributed by atoms with Gasteiger partial charge in [-0.1, -0.05) is 65.8 Å². The van der Waals surface area contributed by atoms with Crippen LogP contribution in [-0.4, -0.2) is 6.54 Å². The molecule has 20 heavy (non-hydrogen) atoms. The molecular formula is C17H20BrNS. The SMILES string of the molecule is CC(C)CNCc1ccc(Sc2ccccc2)cc1Br. The van der Waals surface area contributed by atoms with E-state index in [1.54, 1.807) is 11.8 Å². The van der Waals surface area contributed by atoms with Gasteiger partial charge in [0.2, 0.25) is 0 Å². The van der Waals surface area contributed by atoms with E-state index in [1.165, 1.54) is 19.8 Å². The van der Waals surface area contributed by atoms with Crippen LogP contribution in [0.15, 0.2) is 62.8 Å². The zero-order chi connectivity index (χ0) is 14.4. The fraction of sp³-hybridized carbons (Fsp3) is 0.294. The Morgan fingerprint density at radius 1 is 1.05 bits per heavy atom. The van der Waals surface area contributed by atoms with E-state index in [-0.39, 0.29) is 0 Å². The van der Waals surface area contributed by atoms with Crippen LogP contribution in [-0.2, 0) is 6.54 Å². The summed E-state index contributed by atoms with van der Waals surface area (Å²) in [4.78, 5) is 2.53. The van der Waals surface area contributed by atoms with Gasteiger partial charge in [0.15, 0.2) is 0 Å². The average molecular weight is 350 g/mol. The highest BCUT2D eigenvalue weighted by molar-refractivity contribution is 9.10. The Kier molecular flexibility index (Phi) is 6.14. The molecule has 1 nitrogen and oxygen atoms in total. The Morgan fingerprint density at radius 3 is 2.45 bits per heavy atom.